The molecule has 17 heavy (non-hydrogen) atoms. The Morgan fingerprint density at radius 1 is 1.18 bits per heavy atom. The number of hydrogen-bond acceptors (Lipinski definition) is 2. The maximum atomic E-state index is 11.4. The quantitative estimate of drug-likeness (QED) is 0.809. The Hall–Kier alpha value is -1.10. The van der Waals surface area contributed by atoms with E-state index in [0.717, 1.165) is 29.4 Å². The van der Waals surface area contributed by atoms with E-state index in [4.69, 9.17) is 11.6 Å². The molecule has 0 heterocycles. The lowest BCUT2D eigenvalue weighted by Crippen LogP contribution is -2.01. The number of hydrogen-bond donors (Lipinski definition) is 1. The zero-order valence-electron chi connectivity index (χ0n) is 8.77. The SMILES string of the molecule is O=S(=O)(O)c1c(Cl)cc2c3c(cccc13)CC2. The smallest absolute Gasteiger partial charge is 0.282 e. The molecule has 0 saturated carbocycles. The van der Waals surface area contributed by atoms with E-state index in [1.165, 1.54) is 0 Å². The van der Waals surface area contributed by atoms with Crippen LogP contribution in [-0.2, 0) is 23.0 Å². The summed E-state index contributed by atoms with van der Waals surface area (Å²) in [6.07, 6.45) is 1.75. The van der Waals surface area contributed by atoms with Crippen molar-refractivity contribution in [1.29, 1.82) is 0 Å². The third-order valence-electron chi connectivity index (χ3n) is 3.16. The lowest BCUT2D eigenvalue weighted by atomic mass is 10.1. The fraction of sp³-hybridized carbons (Fsp3) is 0.167. The van der Waals surface area contributed by atoms with Gasteiger partial charge in [0.1, 0.15) is 4.90 Å². The molecule has 0 radical (unpaired) electrons. The molecular weight excluding hydrogens is 260 g/mol. The number of benzene rings is 2. The van der Waals surface area contributed by atoms with Gasteiger partial charge in [-0.05, 0) is 35.4 Å². The fourth-order valence-corrected chi connectivity index (χ4v) is 3.80. The molecule has 88 valence electrons. The predicted molar refractivity (Wildman–Crippen MR) is 66.2 cm³/mol. The highest BCUT2D eigenvalue weighted by atomic mass is 35.5. The first-order chi connectivity index (χ1) is 7.98. The number of halogens is 1. The van der Waals surface area contributed by atoms with Gasteiger partial charge in [0.05, 0.1) is 5.02 Å². The molecule has 2 aromatic carbocycles. The summed E-state index contributed by atoms with van der Waals surface area (Å²) in [4.78, 5) is -0.179. The van der Waals surface area contributed by atoms with Crippen molar-refractivity contribution >= 4 is 32.5 Å². The van der Waals surface area contributed by atoms with E-state index in [1.807, 2.05) is 6.07 Å². The molecular formula is C12H9ClO3S. The Bertz CT molecular complexity index is 735. The highest BCUT2D eigenvalue weighted by Crippen LogP contribution is 2.38. The van der Waals surface area contributed by atoms with E-state index in [1.54, 1.807) is 18.2 Å². The normalized spacial score (nSPS) is 14.5. The minimum atomic E-state index is -4.30. The lowest BCUT2D eigenvalue weighted by molar-refractivity contribution is 0.484. The summed E-state index contributed by atoms with van der Waals surface area (Å²) < 4.78 is 32.0. The van der Waals surface area contributed by atoms with Crippen molar-refractivity contribution in [2.45, 2.75) is 17.7 Å². The van der Waals surface area contributed by atoms with Gasteiger partial charge in [-0.1, -0.05) is 29.8 Å². The van der Waals surface area contributed by atoms with Gasteiger partial charge in [-0.3, -0.25) is 4.55 Å². The molecule has 1 N–H and O–H groups in total. The van der Waals surface area contributed by atoms with Crippen LogP contribution in [0.5, 0.6) is 0 Å². The summed E-state index contributed by atoms with van der Waals surface area (Å²) in [6, 6.07) is 7.09. The Morgan fingerprint density at radius 3 is 2.59 bits per heavy atom. The van der Waals surface area contributed by atoms with Gasteiger partial charge in [-0.25, -0.2) is 0 Å². The van der Waals surface area contributed by atoms with Gasteiger partial charge in [0.25, 0.3) is 10.1 Å². The molecule has 0 amide bonds. The van der Waals surface area contributed by atoms with Crippen LogP contribution in [0.3, 0.4) is 0 Å². The Labute approximate surface area is 104 Å². The fourth-order valence-electron chi connectivity index (χ4n) is 2.52. The minimum Gasteiger partial charge on any atom is -0.282 e. The molecule has 0 spiro atoms. The van der Waals surface area contributed by atoms with Crippen molar-refractivity contribution in [3.8, 4) is 0 Å². The largest absolute Gasteiger partial charge is 0.296 e. The summed E-state index contributed by atoms with van der Waals surface area (Å²) in [5, 5.41) is 1.53. The number of aryl methyl sites for hydroxylation is 2. The molecule has 3 nitrogen and oxygen atoms in total. The summed E-state index contributed by atoms with van der Waals surface area (Å²) in [5.74, 6) is 0. The highest BCUT2D eigenvalue weighted by Gasteiger charge is 2.24. The van der Waals surface area contributed by atoms with Crippen molar-refractivity contribution in [2.75, 3.05) is 0 Å². The van der Waals surface area contributed by atoms with E-state index < -0.39 is 10.1 Å². The molecule has 0 unspecified atom stereocenters. The molecule has 0 atom stereocenters. The summed E-state index contributed by atoms with van der Waals surface area (Å²) in [5.41, 5.74) is 2.16. The number of rotatable bonds is 1. The van der Waals surface area contributed by atoms with E-state index in [2.05, 4.69) is 0 Å². The maximum Gasteiger partial charge on any atom is 0.296 e. The van der Waals surface area contributed by atoms with Crippen LogP contribution in [0.1, 0.15) is 11.1 Å². The van der Waals surface area contributed by atoms with Crippen LogP contribution < -0.4 is 0 Å². The molecule has 2 aromatic rings. The highest BCUT2D eigenvalue weighted by molar-refractivity contribution is 7.86. The average Bonchev–Trinajstić information content (AvgIpc) is 2.61. The topological polar surface area (TPSA) is 54.4 Å². The average molecular weight is 269 g/mol. The van der Waals surface area contributed by atoms with Gasteiger partial charge in [-0.2, -0.15) is 8.42 Å². The van der Waals surface area contributed by atoms with Gasteiger partial charge in [0.2, 0.25) is 0 Å². The first-order valence-electron chi connectivity index (χ1n) is 5.19. The molecule has 5 heteroatoms. The van der Waals surface area contributed by atoms with Gasteiger partial charge >= 0.3 is 0 Å². The Morgan fingerprint density at radius 2 is 1.88 bits per heavy atom. The monoisotopic (exact) mass is 268 g/mol. The lowest BCUT2D eigenvalue weighted by Gasteiger charge is -2.08. The predicted octanol–water partition coefficient (Wildman–Crippen LogP) is 2.84. The van der Waals surface area contributed by atoms with Crippen LogP contribution in [0, 0.1) is 0 Å². The minimum absolute atomic E-state index is 0.0917. The molecule has 0 bridgehead atoms. The van der Waals surface area contributed by atoms with Crippen molar-refractivity contribution in [1.82, 2.24) is 0 Å². The Balaban J connectivity index is 2.58. The van der Waals surface area contributed by atoms with Crippen LogP contribution in [-0.4, -0.2) is 13.0 Å². The second kappa shape index (κ2) is 3.45. The van der Waals surface area contributed by atoms with E-state index >= 15 is 0 Å². The van der Waals surface area contributed by atoms with Crippen LogP contribution in [0.25, 0.3) is 10.8 Å². The van der Waals surface area contributed by atoms with Crippen LogP contribution in [0.4, 0.5) is 0 Å². The van der Waals surface area contributed by atoms with E-state index in [-0.39, 0.29) is 9.92 Å². The zero-order valence-corrected chi connectivity index (χ0v) is 10.3. The second-order valence-electron chi connectivity index (χ2n) is 4.16. The molecule has 0 fully saturated rings. The summed E-state index contributed by atoms with van der Waals surface area (Å²) >= 11 is 5.96. The van der Waals surface area contributed by atoms with Gasteiger partial charge in [-0.15, -0.1) is 0 Å². The van der Waals surface area contributed by atoms with Gasteiger partial charge < -0.3 is 0 Å². The molecule has 0 aliphatic heterocycles. The van der Waals surface area contributed by atoms with Gasteiger partial charge in [0.15, 0.2) is 0 Å². The van der Waals surface area contributed by atoms with Gasteiger partial charge in [0, 0.05) is 5.39 Å². The van der Waals surface area contributed by atoms with Crippen LogP contribution in [0.15, 0.2) is 29.2 Å². The first-order valence-corrected chi connectivity index (χ1v) is 7.01. The summed E-state index contributed by atoms with van der Waals surface area (Å²) in [7, 11) is -4.30. The zero-order chi connectivity index (χ0) is 12.2. The third-order valence-corrected chi connectivity index (χ3v) is 4.52. The maximum absolute atomic E-state index is 11.4. The molecule has 1 aliphatic rings. The Kier molecular flexibility index (Phi) is 2.23. The van der Waals surface area contributed by atoms with Crippen molar-refractivity contribution < 1.29 is 13.0 Å². The first kappa shape index (κ1) is 11.0. The molecule has 0 aromatic heterocycles. The van der Waals surface area contributed by atoms with Crippen molar-refractivity contribution in [2.24, 2.45) is 0 Å². The van der Waals surface area contributed by atoms with Crippen molar-refractivity contribution in [3.05, 3.63) is 40.4 Å². The van der Waals surface area contributed by atoms with Crippen LogP contribution in [0.2, 0.25) is 5.02 Å². The summed E-state index contributed by atoms with van der Waals surface area (Å²) in [6.45, 7) is 0. The van der Waals surface area contributed by atoms with E-state index in [0.29, 0.717) is 5.39 Å². The molecule has 1 aliphatic carbocycles. The molecule has 0 saturated heterocycles. The van der Waals surface area contributed by atoms with Crippen molar-refractivity contribution in [3.63, 3.8) is 0 Å². The third kappa shape index (κ3) is 1.56. The molecule has 3 rings (SSSR count). The second-order valence-corrected chi connectivity index (χ2v) is 5.93. The van der Waals surface area contributed by atoms with Crippen LogP contribution >= 0.6 is 11.6 Å². The van der Waals surface area contributed by atoms with E-state index in [9.17, 15) is 13.0 Å². The standard InChI is InChI=1S/C12H9ClO3S/c13-10-6-8-5-4-7-2-1-3-9(11(7)8)12(10)17(14,15)16/h1-3,6H,4-5H2,(H,14,15,16).